The molecule has 54 valence electrons. The number of alkyl halides is 1. The van der Waals surface area contributed by atoms with Crippen molar-refractivity contribution in [3.8, 4) is 0 Å². The zero-order valence-electron chi connectivity index (χ0n) is 4.70. The fourth-order valence-electron chi connectivity index (χ4n) is 0.466. The van der Waals surface area contributed by atoms with E-state index in [1.54, 1.807) is 0 Å². The number of rotatable bonds is 0. The summed E-state index contributed by atoms with van der Waals surface area (Å²) in [6.45, 7) is 0. The first kappa shape index (κ1) is 7.50. The maximum absolute atomic E-state index is 8.30. The molecule has 1 heterocycles. The maximum Gasteiger partial charge on any atom is 0.173 e. The Kier molecular flexibility index (Phi) is 2.24. The summed E-state index contributed by atoms with van der Waals surface area (Å²) < 4.78 is 0. The molecule has 0 aliphatic carbocycles. The van der Waals surface area contributed by atoms with E-state index in [1.165, 1.54) is 6.34 Å². The fourth-order valence-corrected chi connectivity index (χ4v) is 0.904. The Morgan fingerprint density at radius 3 is 2.80 bits per heavy atom. The van der Waals surface area contributed by atoms with Gasteiger partial charge in [-0.2, -0.15) is 0 Å². The summed E-state index contributed by atoms with van der Waals surface area (Å²) in [5.41, 5.74) is -0.652. The summed E-state index contributed by atoms with van der Waals surface area (Å²) in [5.74, 6) is 0. The molecule has 1 atom stereocenters. The Bertz CT molecular complexity index is 223. The second kappa shape index (κ2) is 2.98. The van der Waals surface area contributed by atoms with Crippen molar-refractivity contribution in [1.29, 1.82) is 0 Å². The second-order valence-corrected chi connectivity index (χ2v) is 2.28. The summed E-state index contributed by atoms with van der Waals surface area (Å²) in [6.07, 6.45) is 1.22. The molecule has 6 heteroatoms. The molecular formula is C4H3Cl2N3O. The van der Waals surface area contributed by atoms with E-state index in [1.807, 2.05) is 0 Å². The number of aliphatic imine (C=N–C) groups is 2. The minimum atomic E-state index is -0.727. The van der Waals surface area contributed by atoms with Crippen molar-refractivity contribution in [3.05, 3.63) is 0 Å². The van der Waals surface area contributed by atoms with Crippen LogP contribution >= 0.6 is 23.2 Å². The third kappa shape index (κ3) is 1.27. The fraction of sp³-hybridized carbons (Fsp3) is 0.250. The lowest BCUT2D eigenvalue weighted by molar-refractivity contribution is 0.319. The number of hydrogen-bond donors (Lipinski definition) is 1. The highest BCUT2D eigenvalue weighted by Gasteiger charge is 2.19. The molecule has 0 saturated heterocycles. The molecule has 0 spiro atoms. The van der Waals surface area contributed by atoms with Gasteiger partial charge in [-0.05, 0) is 0 Å². The topological polar surface area (TPSA) is 57.3 Å². The van der Waals surface area contributed by atoms with Gasteiger partial charge in [-0.25, -0.2) is 9.98 Å². The molecule has 1 N–H and O–H groups in total. The van der Waals surface area contributed by atoms with Crippen molar-refractivity contribution < 1.29 is 5.21 Å². The zero-order valence-corrected chi connectivity index (χ0v) is 6.21. The van der Waals surface area contributed by atoms with Crippen LogP contribution in [0.1, 0.15) is 0 Å². The average molecular weight is 180 g/mol. The standard InChI is InChI=1S/C4H3Cl2N3O/c5-3-2(9-10)4(6)8-1-7-3/h1,3,10H/b9-2-. The molecule has 0 aromatic heterocycles. The summed E-state index contributed by atoms with van der Waals surface area (Å²) in [6, 6.07) is 0. The Morgan fingerprint density at radius 1 is 1.70 bits per heavy atom. The van der Waals surface area contributed by atoms with Gasteiger partial charge in [0.05, 0.1) is 0 Å². The van der Waals surface area contributed by atoms with Crippen LogP contribution in [0.2, 0.25) is 0 Å². The van der Waals surface area contributed by atoms with Gasteiger partial charge in [0.25, 0.3) is 0 Å². The normalized spacial score (nSPS) is 28.8. The molecular weight excluding hydrogens is 177 g/mol. The van der Waals surface area contributed by atoms with Gasteiger partial charge in [0.15, 0.2) is 16.4 Å². The van der Waals surface area contributed by atoms with Crippen LogP contribution in [0, 0.1) is 0 Å². The van der Waals surface area contributed by atoms with E-state index in [-0.39, 0.29) is 10.9 Å². The maximum atomic E-state index is 8.30. The minimum Gasteiger partial charge on any atom is -0.410 e. The van der Waals surface area contributed by atoms with E-state index in [0.717, 1.165) is 0 Å². The zero-order chi connectivity index (χ0) is 7.56. The van der Waals surface area contributed by atoms with Gasteiger partial charge < -0.3 is 5.21 Å². The van der Waals surface area contributed by atoms with Gasteiger partial charge in [0.2, 0.25) is 0 Å². The molecule has 1 aliphatic rings. The summed E-state index contributed by atoms with van der Waals surface area (Å²) in [7, 11) is 0. The number of halogens is 2. The van der Waals surface area contributed by atoms with Crippen LogP contribution in [-0.2, 0) is 0 Å². The van der Waals surface area contributed by atoms with E-state index in [0.29, 0.717) is 0 Å². The number of oxime groups is 1. The Hall–Kier alpha value is -0.610. The van der Waals surface area contributed by atoms with Gasteiger partial charge in [-0.1, -0.05) is 28.4 Å². The third-order valence-electron chi connectivity index (χ3n) is 0.913. The predicted octanol–water partition coefficient (Wildman–Crippen LogP) is 1.06. The van der Waals surface area contributed by atoms with Crippen molar-refractivity contribution in [3.63, 3.8) is 0 Å². The number of hydrogen-bond acceptors (Lipinski definition) is 4. The van der Waals surface area contributed by atoms with E-state index >= 15 is 0 Å². The molecule has 0 bridgehead atoms. The molecule has 0 radical (unpaired) electrons. The first-order valence-corrected chi connectivity index (χ1v) is 3.18. The third-order valence-corrected chi connectivity index (χ3v) is 1.52. The molecule has 10 heavy (non-hydrogen) atoms. The molecule has 0 aromatic rings. The first-order valence-electron chi connectivity index (χ1n) is 2.37. The summed E-state index contributed by atoms with van der Waals surface area (Å²) in [4.78, 5) is 7.16. The largest absolute Gasteiger partial charge is 0.410 e. The highest BCUT2D eigenvalue weighted by Crippen LogP contribution is 2.08. The van der Waals surface area contributed by atoms with Crippen LogP contribution < -0.4 is 0 Å². The molecule has 4 nitrogen and oxygen atoms in total. The first-order chi connectivity index (χ1) is 4.75. The van der Waals surface area contributed by atoms with Gasteiger partial charge in [0.1, 0.15) is 6.34 Å². The van der Waals surface area contributed by atoms with E-state index in [2.05, 4.69) is 15.1 Å². The Labute approximate surface area is 66.9 Å². The highest BCUT2D eigenvalue weighted by molar-refractivity contribution is 6.86. The number of nitrogens with zero attached hydrogens (tertiary/aromatic N) is 3. The lowest BCUT2D eigenvalue weighted by Gasteiger charge is -2.06. The molecule has 0 amide bonds. The molecule has 0 aromatic carbocycles. The van der Waals surface area contributed by atoms with Gasteiger partial charge in [-0.15, -0.1) is 0 Å². The molecule has 0 saturated carbocycles. The summed E-state index contributed by atoms with van der Waals surface area (Å²) >= 11 is 11.0. The van der Waals surface area contributed by atoms with Gasteiger partial charge >= 0.3 is 0 Å². The monoisotopic (exact) mass is 179 g/mol. The van der Waals surface area contributed by atoms with E-state index < -0.39 is 5.50 Å². The van der Waals surface area contributed by atoms with Crippen LogP contribution in [-0.4, -0.2) is 27.9 Å². The van der Waals surface area contributed by atoms with Crippen LogP contribution in [0.25, 0.3) is 0 Å². The quantitative estimate of drug-likeness (QED) is 0.257. The highest BCUT2D eigenvalue weighted by atomic mass is 35.5. The SMILES string of the molecule is O/N=C1\C(Cl)=NC=NC1Cl. The predicted molar refractivity (Wildman–Crippen MR) is 40.6 cm³/mol. The van der Waals surface area contributed by atoms with Crippen LogP contribution in [0.5, 0.6) is 0 Å². The Balaban J connectivity index is 2.93. The minimum absolute atomic E-state index is 0.0671. The molecule has 0 fully saturated rings. The van der Waals surface area contributed by atoms with Gasteiger partial charge in [-0.3, -0.25) is 0 Å². The smallest absolute Gasteiger partial charge is 0.173 e. The molecule has 1 rings (SSSR count). The van der Waals surface area contributed by atoms with Crippen molar-refractivity contribution in [2.24, 2.45) is 15.1 Å². The van der Waals surface area contributed by atoms with Crippen molar-refractivity contribution >= 4 is 40.4 Å². The lowest BCUT2D eigenvalue weighted by Crippen LogP contribution is -2.22. The van der Waals surface area contributed by atoms with Crippen LogP contribution in [0.15, 0.2) is 15.1 Å². The van der Waals surface area contributed by atoms with E-state index in [9.17, 15) is 0 Å². The lowest BCUT2D eigenvalue weighted by atomic mass is 10.4. The van der Waals surface area contributed by atoms with Crippen molar-refractivity contribution in [2.75, 3.05) is 0 Å². The molecule has 1 aliphatic heterocycles. The van der Waals surface area contributed by atoms with Crippen LogP contribution in [0.3, 0.4) is 0 Å². The molecule has 1 unspecified atom stereocenters. The van der Waals surface area contributed by atoms with Crippen LogP contribution in [0.4, 0.5) is 0 Å². The Morgan fingerprint density at radius 2 is 2.40 bits per heavy atom. The summed E-state index contributed by atoms with van der Waals surface area (Å²) in [5, 5.41) is 11.2. The van der Waals surface area contributed by atoms with E-state index in [4.69, 9.17) is 28.4 Å². The van der Waals surface area contributed by atoms with Crippen molar-refractivity contribution in [2.45, 2.75) is 5.50 Å². The second-order valence-electron chi connectivity index (χ2n) is 1.51. The van der Waals surface area contributed by atoms with Gasteiger partial charge in [0, 0.05) is 0 Å². The van der Waals surface area contributed by atoms with Crippen molar-refractivity contribution in [1.82, 2.24) is 0 Å². The average Bonchev–Trinajstić information content (AvgIpc) is 1.88.